The van der Waals surface area contributed by atoms with Gasteiger partial charge in [0.05, 0.1) is 5.69 Å². The molecule has 0 aromatic heterocycles. The summed E-state index contributed by atoms with van der Waals surface area (Å²) in [5, 5.41) is 3.25. The van der Waals surface area contributed by atoms with Gasteiger partial charge in [0, 0.05) is 38.9 Å². The minimum atomic E-state index is -0.734. The van der Waals surface area contributed by atoms with Crippen molar-refractivity contribution in [3.8, 4) is 0 Å². The Morgan fingerprint density at radius 1 is 1.11 bits per heavy atom. The van der Waals surface area contributed by atoms with Gasteiger partial charge in [-0.1, -0.05) is 0 Å². The Labute approximate surface area is 177 Å². The van der Waals surface area contributed by atoms with Gasteiger partial charge in [0.25, 0.3) is 5.91 Å². The molecule has 6 nitrogen and oxygen atoms in total. The molecule has 0 bridgehead atoms. The highest BCUT2D eigenvalue weighted by Gasteiger charge is 2.43. The first-order valence-electron chi connectivity index (χ1n) is 9.07. The number of piperidine rings is 1. The van der Waals surface area contributed by atoms with Crippen LogP contribution < -0.4 is 10.2 Å². The van der Waals surface area contributed by atoms with Crippen molar-refractivity contribution in [3.63, 3.8) is 0 Å². The van der Waals surface area contributed by atoms with Crippen LogP contribution in [0, 0.1) is 5.82 Å². The molecule has 0 saturated carbocycles. The molecule has 1 aromatic carbocycles. The van der Waals surface area contributed by atoms with Gasteiger partial charge in [-0.2, -0.15) is 0 Å². The highest BCUT2D eigenvalue weighted by Crippen LogP contribution is 2.27. The van der Waals surface area contributed by atoms with Gasteiger partial charge in [-0.25, -0.2) is 4.39 Å². The van der Waals surface area contributed by atoms with Gasteiger partial charge < -0.3 is 19.9 Å². The minimum Gasteiger partial charge on any atom is -0.368 e. The van der Waals surface area contributed by atoms with Gasteiger partial charge in [0.15, 0.2) is 5.78 Å². The number of ether oxygens (including phenoxy) is 1. The van der Waals surface area contributed by atoms with Crippen molar-refractivity contribution in [1.82, 2.24) is 10.2 Å². The Kier molecular flexibility index (Phi) is 9.14. The van der Waals surface area contributed by atoms with Crippen LogP contribution in [0.4, 0.5) is 10.1 Å². The molecule has 1 amide bonds. The number of carbonyl (C=O) groups excluding carboxylic acids is 2. The number of carbonyl (C=O) groups is 2. The van der Waals surface area contributed by atoms with E-state index in [-0.39, 0.29) is 36.5 Å². The third-order valence-electron chi connectivity index (χ3n) is 5.45. The Balaban J connectivity index is 0.00000196. The molecule has 0 aliphatic carbocycles. The van der Waals surface area contributed by atoms with Crippen molar-refractivity contribution < 1.29 is 18.7 Å². The Morgan fingerprint density at radius 3 is 2.21 bits per heavy atom. The second kappa shape index (κ2) is 10.4. The molecular weight excluding hydrogens is 408 g/mol. The van der Waals surface area contributed by atoms with Crippen LogP contribution in [-0.4, -0.2) is 68.6 Å². The van der Waals surface area contributed by atoms with Crippen LogP contribution in [0.1, 0.15) is 30.1 Å². The molecule has 1 N–H and O–H groups in total. The lowest BCUT2D eigenvalue weighted by Crippen LogP contribution is -2.59. The predicted molar refractivity (Wildman–Crippen MR) is 112 cm³/mol. The van der Waals surface area contributed by atoms with Crippen molar-refractivity contribution in [2.24, 2.45) is 0 Å². The summed E-state index contributed by atoms with van der Waals surface area (Å²) in [4.78, 5) is 28.1. The second-order valence-electron chi connectivity index (χ2n) is 6.95. The van der Waals surface area contributed by atoms with Crippen molar-refractivity contribution >= 4 is 42.2 Å². The van der Waals surface area contributed by atoms with Crippen molar-refractivity contribution in [2.45, 2.75) is 25.4 Å². The smallest absolute Gasteiger partial charge is 0.255 e. The number of piperazine rings is 1. The van der Waals surface area contributed by atoms with E-state index < -0.39 is 11.4 Å². The summed E-state index contributed by atoms with van der Waals surface area (Å²) in [7, 11) is 1.60. The molecule has 158 valence electrons. The normalized spacial score (nSPS) is 18.7. The SMILES string of the molecule is COC1(C(=O)N2CCN(c3ccc(C(C)=O)cc3F)CC2)CCNCC1.Cl.Cl. The van der Waals surface area contributed by atoms with E-state index in [4.69, 9.17) is 4.74 Å². The van der Waals surface area contributed by atoms with Crippen LogP contribution in [0.2, 0.25) is 0 Å². The number of Topliss-reactive ketones (excluding diaryl/α,β-unsaturated/α-hetero) is 1. The lowest BCUT2D eigenvalue weighted by atomic mass is 9.90. The highest BCUT2D eigenvalue weighted by atomic mass is 35.5. The number of methoxy groups -OCH3 is 1. The summed E-state index contributed by atoms with van der Waals surface area (Å²) < 4.78 is 20.0. The van der Waals surface area contributed by atoms with Gasteiger partial charge in [-0.05, 0) is 51.1 Å². The van der Waals surface area contributed by atoms with Gasteiger partial charge in [-0.3, -0.25) is 9.59 Å². The van der Waals surface area contributed by atoms with Crippen LogP contribution in [0.5, 0.6) is 0 Å². The average Bonchev–Trinajstić information content (AvgIpc) is 2.68. The number of rotatable bonds is 4. The van der Waals surface area contributed by atoms with E-state index in [0.717, 1.165) is 13.1 Å². The molecule has 0 radical (unpaired) electrons. The molecule has 1 aromatic rings. The fourth-order valence-corrected chi connectivity index (χ4v) is 3.76. The van der Waals surface area contributed by atoms with Crippen LogP contribution >= 0.6 is 24.8 Å². The molecule has 3 rings (SSSR count). The lowest BCUT2D eigenvalue weighted by molar-refractivity contribution is -0.158. The molecule has 2 aliphatic rings. The van der Waals surface area contributed by atoms with Crippen LogP contribution in [-0.2, 0) is 9.53 Å². The summed E-state index contributed by atoms with van der Waals surface area (Å²) in [5.74, 6) is -0.518. The number of amides is 1. The summed E-state index contributed by atoms with van der Waals surface area (Å²) in [6, 6.07) is 4.57. The third-order valence-corrected chi connectivity index (χ3v) is 5.45. The van der Waals surface area contributed by atoms with Gasteiger partial charge in [0.1, 0.15) is 11.4 Å². The van der Waals surface area contributed by atoms with Crippen LogP contribution in [0.25, 0.3) is 0 Å². The zero-order valence-electron chi connectivity index (χ0n) is 16.2. The second-order valence-corrected chi connectivity index (χ2v) is 6.95. The molecule has 2 saturated heterocycles. The van der Waals surface area contributed by atoms with Crippen molar-refractivity contribution in [3.05, 3.63) is 29.6 Å². The molecular formula is C19H28Cl2FN3O3. The number of nitrogens with zero attached hydrogens (tertiary/aromatic N) is 2. The first-order chi connectivity index (χ1) is 12.5. The van der Waals surface area contributed by atoms with Gasteiger partial charge in [-0.15, -0.1) is 24.8 Å². The maximum absolute atomic E-state index is 14.4. The molecule has 2 heterocycles. The zero-order valence-corrected chi connectivity index (χ0v) is 17.8. The van der Waals surface area contributed by atoms with Gasteiger partial charge >= 0.3 is 0 Å². The lowest BCUT2D eigenvalue weighted by Gasteiger charge is -2.42. The van der Waals surface area contributed by atoms with E-state index in [1.54, 1.807) is 19.2 Å². The highest BCUT2D eigenvalue weighted by molar-refractivity contribution is 5.94. The maximum atomic E-state index is 14.4. The molecule has 2 aliphatic heterocycles. The number of halogens is 3. The first kappa shape index (κ1) is 24.6. The van der Waals surface area contributed by atoms with E-state index in [0.29, 0.717) is 50.3 Å². The molecule has 0 unspecified atom stereocenters. The molecule has 28 heavy (non-hydrogen) atoms. The van der Waals surface area contributed by atoms with Crippen LogP contribution in [0.3, 0.4) is 0 Å². The number of hydrogen-bond acceptors (Lipinski definition) is 5. The van der Waals surface area contributed by atoms with Crippen molar-refractivity contribution in [1.29, 1.82) is 0 Å². The number of hydrogen-bond donors (Lipinski definition) is 1. The molecule has 0 atom stereocenters. The molecule has 9 heteroatoms. The fourth-order valence-electron chi connectivity index (χ4n) is 3.76. The first-order valence-corrected chi connectivity index (χ1v) is 9.07. The van der Waals surface area contributed by atoms with E-state index >= 15 is 0 Å². The monoisotopic (exact) mass is 435 g/mol. The number of benzene rings is 1. The summed E-state index contributed by atoms with van der Waals surface area (Å²) in [5.41, 5.74) is 0.111. The third kappa shape index (κ3) is 4.95. The van der Waals surface area contributed by atoms with E-state index in [9.17, 15) is 14.0 Å². The van der Waals surface area contributed by atoms with Gasteiger partial charge in [0.2, 0.25) is 0 Å². The Hall–Kier alpha value is -1.41. The summed E-state index contributed by atoms with van der Waals surface area (Å²) in [6.07, 6.45) is 1.34. The minimum absolute atomic E-state index is 0. The summed E-state index contributed by atoms with van der Waals surface area (Å²) in [6.45, 7) is 5.14. The molecule has 0 spiro atoms. The zero-order chi connectivity index (χ0) is 18.7. The predicted octanol–water partition coefficient (Wildman–Crippen LogP) is 2.29. The number of ketones is 1. The van der Waals surface area contributed by atoms with E-state index in [2.05, 4.69) is 5.32 Å². The number of nitrogens with one attached hydrogen (secondary N) is 1. The van der Waals surface area contributed by atoms with E-state index in [1.165, 1.54) is 13.0 Å². The topological polar surface area (TPSA) is 61.9 Å². The van der Waals surface area contributed by atoms with Crippen LogP contribution in [0.15, 0.2) is 18.2 Å². The number of anilines is 1. The molecule has 2 fully saturated rings. The largest absolute Gasteiger partial charge is 0.368 e. The fraction of sp³-hybridized carbons (Fsp3) is 0.579. The van der Waals surface area contributed by atoms with E-state index in [1.807, 2.05) is 9.80 Å². The maximum Gasteiger partial charge on any atom is 0.255 e. The summed E-state index contributed by atoms with van der Waals surface area (Å²) >= 11 is 0. The Morgan fingerprint density at radius 2 is 1.71 bits per heavy atom. The quantitative estimate of drug-likeness (QED) is 0.735. The average molecular weight is 436 g/mol. The van der Waals surface area contributed by atoms with Crippen molar-refractivity contribution in [2.75, 3.05) is 51.3 Å². The standard InChI is InChI=1S/C19H26FN3O3.2ClH/c1-14(24)15-3-4-17(16(20)13-15)22-9-11-23(12-10-22)18(25)19(26-2)5-7-21-8-6-19;;/h3-4,13,21H,5-12H2,1-2H3;2*1H. The Bertz CT molecular complexity index is 691.